The lowest BCUT2D eigenvalue weighted by Gasteiger charge is -2.02. The zero-order valence-electron chi connectivity index (χ0n) is 9.30. The van der Waals surface area contributed by atoms with Gasteiger partial charge < -0.3 is 9.84 Å². The summed E-state index contributed by atoms with van der Waals surface area (Å²) in [6.45, 7) is 2.53. The van der Waals surface area contributed by atoms with Crippen molar-refractivity contribution < 1.29 is 14.6 Å². The van der Waals surface area contributed by atoms with Crippen molar-refractivity contribution in [1.29, 1.82) is 0 Å². The van der Waals surface area contributed by atoms with E-state index in [0.717, 1.165) is 11.3 Å². The van der Waals surface area contributed by atoms with Crippen molar-refractivity contribution in [3.63, 3.8) is 0 Å². The lowest BCUT2D eigenvalue weighted by molar-refractivity contribution is 0.0690. The number of rotatable bonds is 4. The van der Waals surface area contributed by atoms with Crippen LogP contribution >= 0.6 is 0 Å². The van der Waals surface area contributed by atoms with Gasteiger partial charge in [-0.3, -0.25) is 5.10 Å². The largest absolute Gasteiger partial charge is 0.494 e. The molecule has 5 nitrogen and oxygen atoms in total. The van der Waals surface area contributed by atoms with E-state index >= 15 is 0 Å². The molecule has 0 aliphatic carbocycles. The van der Waals surface area contributed by atoms with E-state index in [0.29, 0.717) is 12.3 Å². The monoisotopic (exact) mass is 232 g/mol. The Bertz CT molecular complexity index is 517. The molecule has 0 radical (unpaired) electrons. The molecule has 1 heterocycles. The van der Waals surface area contributed by atoms with Crippen LogP contribution in [0.1, 0.15) is 17.4 Å². The van der Waals surface area contributed by atoms with Gasteiger partial charge in [0.2, 0.25) is 0 Å². The fraction of sp³-hybridized carbons (Fsp3) is 0.167. The van der Waals surface area contributed by atoms with Crippen molar-refractivity contribution in [3.8, 4) is 17.0 Å². The zero-order valence-corrected chi connectivity index (χ0v) is 9.30. The molecule has 17 heavy (non-hydrogen) atoms. The Morgan fingerprint density at radius 2 is 2.12 bits per heavy atom. The van der Waals surface area contributed by atoms with Crippen LogP contribution in [0.4, 0.5) is 0 Å². The zero-order chi connectivity index (χ0) is 12.3. The van der Waals surface area contributed by atoms with Crippen LogP contribution in [0, 0.1) is 0 Å². The number of hydrogen-bond donors (Lipinski definition) is 2. The Kier molecular flexibility index (Phi) is 3.09. The van der Waals surface area contributed by atoms with Crippen LogP contribution in [-0.4, -0.2) is 27.9 Å². The van der Waals surface area contributed by atoms with Crippen LogP contribution in [0.2, 0.25) is 0 Å². The summed E-state index contributed by atoms with van der Waals surface area (Å²) in [7, 11) is 0. The molecule has 2 N–H and O–H groups in total. The van der Waals surface area contributed by atoms with Crippen molar-refractivity contribution in [2.24, 2.45) is 0 Å². The first kappa shape index (κ1) is 11.2. The van der Waals surface area contributed by atoms with Gasteiger partial charge in [0.05, 0.1) is 12.3 Å². The fourth-order valence-electron chi connectivity index (χ4n) is 1.47. The number of carbonyl (C=O) groups is 1. The fourth-order valence-corrected chi connectivity index (χ4v) is 1.47. The quantitative estimate of drug-likeness (QED) is 0.847. The Balaban J connectivity index is 2.23. The molecule has 2 aromatic rings. The van der Waals surface area contributed by atoms with Gasteiger partial charge in [0.25, 0.3) is 0 Å². The molecular weight excluding hydrogens is 220 g/mol. The van der Waals surface area contributed by atoms with E-state index in [9.17, 15) is 4.79 Å². The predicted octanol–water partition coefficient (Wildman–Crippen LogP) is 2.17. The molecule has 0 spiro atoms. The third-order valence-electron chi connectivity index (χ3n) is 2.27. The van der Waals surface area contributed by atoms with Crippen LogP contribution in [0.5, 0.6) is 5.75 Å². The van der Waals surface area contributed by atoms with Gasteiger partial charge in [0, 0.05) is 5.56 Å². The molecule has 2 rings (SSSR count). The predicted molar refractivity (Wildman–Crippen MR) is 62.2 cm³/mol. The summed E-state index contributed by atoms with van der Waals surface area (Å²) in [5, 5.41) is 15.2. The molecule has 0 amide bonds. The average molecular weight is 232 g/mol. The van der Waals surface area contributed by atoms with Crippen molar-refractivity contribution in [2.75, 3.05) is 6.61 Å². The number of H-pyrrole nitrogens is 1. The lowest BCUT2D eigenvalue weighted by Crippen LogP contribution is -1.95. The molecule has 88 valence electrons. The van der Waals surface area contributed by atoms with Crippen molar-refractivity contribution in [3.05, 3.63) is 36.0 Å². The molecule has 0 saturated heterocycles. The standard InChI is InChI=1S/C12H12N2O3/c1-2-17-9-5-3-8(4-6-9)10-7-11(12(15)16)14-13-10/h3-7H,2H2,1H3,(H,13,14)(H,15,16). The van der Waals surface area contributed by atoms with Gasteiger partial charge in [-0.05, 0) is 37.3 Å². The molecule has 0 bridgehead atoms. The maximum atomic E-state index is 10.7. The second-order valence-electron chi connectivity index (χ2n) is 3.43. The molecule has 0 saturated carbocycles. The molecule has 0 unspecified atom stereocenters. The summed E-state index contributed by atoms with van der Waals surface area (Å²) in [6, 6.07) is 8.83. The molecule has 0 atom stereocenters. The number of carboxylic acid groups (broad SMARTS) is 1. The van der Waals surface area contributed by atoms with Crippen molar-refractivity contribution >= 4 is 5.97 Å². The minimum absolute atomic E-state index is 0.0777. The molecular formula is C12H12N2O3. The molecule has 1 aromatic heterocycles. The van der Waals surface area contributed by atoms with E-state index in [-0.39, 0.29) is 5.69 Å². The molecule has 0 fully saturated rings. The van der Waals surface area contributed by atoms with Crippen LogP contribution in [0.3, 0.4) is 0 Å². The van der Waals surface area contributed by atoms with E-state index in [2.05, 4.69) is 10.2 Å². The lowest BCUT2D eigenvalue weighted by atomic mass is 10.1. The van der Waals surface area contributed by atoms with Crippen molar-refractivity contribution in [1.82, 2.24) is 10.2 Å². The number of hydrogen-bond acceptors (Lipinski definition) is 3. The van der Waals surface area contributed by atoms with Gasteiger partial charge in [-0.25, -0.2) is 4.79 Å². The maximum absolute atomic E-state index is 10.7. The summed E-state index contributed by atoms with van der Waals surface area (Å²) in [5.74, 6) is -0.236. The maximum Gasteiger partial charge on any atom is 0.353 e. The van der Waals surface area contributed by atoms with E-state index < -0.39 is 5.97 Å². The summed E-state index contributed by atoms with van der Waals surface area (Å²) >= 11 is 0. The number of aromatic carboxylic acids is 1. The van der Waals surface area contributed by atoms with Gasteiger partial charge in [-0.2, -0.15) is 5.10 Å². The first-order valence-electron chi connectivity index (χ1n) is 5.22. The van der Waals surface area contributed by atoms with Crippen LogP contribution in [0.25, 0.3) is 11.3 Å². The molecule has 1 aromatic carbocycles. The van der Waals surface area contributed by atoms with E-state index in [1.54, 1.807) is 0 Å². The highest BCUT2D eigenvalue weighted by atomic mass is 16.5. The van der Waals surface area contributed by atoms with Crippen molar-refractivity contribution in [2.45, 2.75) is 6.92 Å². The first-order valence-corrected chi connectivity index (χ1v) is 5.22. The molecule has 0 aliphatic heterocycles. The van der Waals surface area contributed by atoms with Crippen LogP contribution in [-0.2, 0) is 0 Å². The summed E-state index contributed by atoms with van der Waals surface area (Å²) in [5.41, 5.74) is 1.52. The number of carboxylic acids is 1. The SMILES string of the molecule is CCOc1ccc(-c2cc(C(=O)O)[nH]n2)cc1. The van der Waals surface area contributed by atoms with E-state index in [1.807, 2.05) is 31.2 Å². The topological polar surface area (TPSA) is 75.2 Å². The second kappa shape index (κ2) is 4.69. The van der Waals surface area contributed by atoms with Crippen LogP contribution in [0.15, 0.2) is 30.3 Å². The second-order valence-corrected chi connectivity index (χ2v) is 3.43. The van der Waals surface area contributed by atoms with Gasteiger partial charge in [0.15, 0.2) is 0 Å². The Hall–Kier alpha value is -2.30. The first-order chi connectivity index (χ1) is 8.20. The van der Waals surface area contributed by atoms with Gasteiger partial charge >= 0.3 is 5.97 Å². The van der Waals surface area contributed by atoms with Crippen LogP contribution < -0.4 is 4.74 Å². The number of aromatic amines is 1. The number of nitrogens with zero attached hydrogens (tertiary/aromatic N) is 1. The summed E-state index contributed by atoms with van der Waals surface area (Å²) in [4.78, 5) is 10.7. The summed E-state index contributed by atoms with van der Waals surface area (Å²) < 4.78 is 5.32. The number of nitrogens with one attached hydrogen (secondary N) is 1. The molecule has 5 heteroatoms. The highest BCUT2D eigenvalue weighted by molar-refractivity contribution is 5.86. The minimum atomic E-state index is -1.02. The Morgan fingerprint density at radius 1 is 1.41 bits per heavy atom. The average Bonchev–Trinajstić information content (AvgIpc) is 2.80. The number of benzene rings is 1. The third kappa shape index (κ3) is 2.44. The van der Waals surface area contributed by atoms with Gasteiger partial charge in [-0.1, -0.05) is 0 Å². The molecule has 0 aliphatic rings. The Labute approximate surface area is 98.0 Å². The highest BCUT2D eigenvalue weighted by Gasteiger charge is 2.08. The normalized spacial score (nSPS) is 10.2. The summed E-state index contributed by atoms with van der Waals surface area (Å²) in [6.07, 6.45) is 0. The van der Waals surface area contributed by atoms with E-state index in [4.69, 9.17) is 9.84 Å². The van der Waals surface area contributed by atoms with Gasteiger partial charge in [0.1, 0.15) is 11.4 Å². The number of ether oxygens (including phenoxy) is 1. The highest BCUT2D eigenvalue weighted by Crippen LogP contribution is 2.21. The smallest absolute Gasteiger partial charge is 0.353 e. The van der Waals surface area contributed by atoms with Gasteiger partial charge in [-0.15, -0.1) is 0 Å². The van der Waals surface area contributed by atoms with E-state index in [1.165, 1.54) is 6.07 Å². The minimum Gasteiger partial charge on any atom is -0.494 e. The Morgan fingerprint density at radius 3 is 2.65 bits per heavy atom. The number of aromatic nitrogens is 2. The third-order valence-corrected chi connectivity index (χ3v) is 2.27.